The normalized spacial score (nSPS) is 18.9. The molecule has 0 aliphatic carbocycles. The number of benzene rings is 1. The summed E-state index contributed by atoms with van der Waals surface area (Å²) >= 11 is 3.74. The van der Waals surface area contributed by atoms with Crippen molar-refractivity contribution in [3.63, 3.8) is 0 Å². The molecular formula is C17H27BrN2. The van der Waals surface area contributed by atoms with Crippen molar-refractivity contribution in [1.29, 1.82) is 0 Å². The van der Waals surface area contributed by atoms with Crippen LogP contribution in [0.2, 0.25) is 0 Å². The molecule has 0 aromatic heterocycles. The highest BCUT2D eigenvalue weighted by Gasteiger charge is 2.31. The minimum atomic E-state index is 0.345. The van der Waals surface area contributed by atoms with Gasteiger partial charge in [-0.3, -0.25) is 4.90 Å². The van der Waals surface area contributed by atoms with Crippen LogP contribution in [0.4, 0.5) is 0 Å². The van der Waals surface area contributed by atoms with E-state index in [0.29, 0.717) is 11.6 Å². The van der Waals surface area contributed by atoms with Crippen molar-refractivity contribution in [2.24, 2.45) is 0 Å². The van der Waals surface area contributed by atoms with E-state index < -0.39 is 0 Å². The maximum absolute atomic E-state index is 3.74. The summed E-state index contributed by atoms with van der Waals surface area (Å²) < 4.78 is 1.24. The maximum atomic E-state index is 3.74. The largest absolute Gasteiger partial charge is 0.310 e. The summed E-state index contributed by atoms with van der Waals surface area (Å²) in [4.78, 5) is 2.60. The van der Waals surface area contributed by atoms with Crippen molar-refractivity contribution in [3.05, 3.63) is 33.8 Å². The third-order valence-corrected chi connectivity index (χ3v) is 5.00. The molecule has 0 saturated carbocycles. The lowest BCUT2D eigenvalue weighted by molar-refractivity contribution is 0.166. The summed E-state index contributed by atoms with van der Waals surface area (Å²) in [5.41, 5.74) is 3.08. The molecule has 2 nitrogen and oxygen atoms in total. The number of nitrogens with zero attached hydrogens (tertiary/aromatic N) is 1. The van der Waals surface area contributed by atoms with Gasteiger partial charge in [0.25, 0.3) is 0 Å². The summed E-state index contributed by atoms with van der Waals surface area (Å²) in [6.45, 7) is 12.3. The molecule has 20 heavy (non-hydrogen) atoms. The first-order chi connectivity index (χ1) is 9.38. The third-order valence-electron chi connectivity index (χ3n) is 4.27. The second-order valence-corrected chi connectivity index (χ2v) is 7.65. The molecule has 0 amide bonds. The van der Waals surface area contributed by atoms with Crippen molar-refractivity contribution in [2.45, 2.75) is 65.2 Å². The number of hydrogen-bond donors (Lipinski definition) is 1. The van der Waals surface area contributed by atoms with E-state index in [0.717, 1.165) is 13.1 Å². The Morgan fingerprint density at radius 1 is 1.35 bits per heavy atom. The molecule has 1 heterocycles. The van der Waals surface area contributed by atoms with Crippen LogP contribution in [0.25, 0.3) is 0 Å². The first-order valence-corrected chi connectivity index (χ1v) is 8.43. The highest BCUT2D eigenvalue weighted by Crippen LogP contribution is 2.31. The van der Waals surface area contributed by atoms with Gasteiger partial charge in [0, 0.05) is 29.1 Å². The first-order valence-electron chi connectivity index (χ1n) is 7.64. The predicted molar refractivity (Wildman–Crippen MR) is 89.8 cm³/mol. The molecule has 1 N–H and O–H groups in total. The summed E-state index contributed by atoms with van der Waals surface area (Å²) in [5, 5.41) is 3.46. The fourth-order valence-electron chi connectivity index (χ4n) is 2.81. The van der Waals surface area contributed by atoms with E-state index in [1.807, 2.05) is 0 Å². The van der Waals surface area contributed by atoms with Gasteiger partial charge in [0.05, 0.1) is 0 Å². The van der Waals surface area contributed by atoms with Crippen molar-refractivity contribution in [3.8, 4) is 0 Å². The number of likely N-dealkylation sites (tertiary alicyclic amines) is 1. The van der Waals surface area contributed by atoms with Gasteiger partial charge in [-0.15, -0.1) is 0 Å². The van der Waals surface area contributed by atoms with Crippen molar-refractivity contribution >= 4 is 15.9 Å². The van der Waals surface area contributed by atoms with Crippen LogP contribution in [0.5, 0.6) is 0 Å². The SMILES string of the molecule is CC(C)NCc1ccc(CN2CCCC2(C)C)c(Br)c1. The van der Waals surface area contributed by atoms with Crippen LogP contribution in [0, 0.1) is 0 Å². The molecule has 0 unspecified atom stereocenters. The van der Waals surface area contributed by atoms with Crippen LogP contribution in [0.1, 0.15) is 51.7 Å². The van der Waals surface area contributed by atoms with E-state index in [1.54, 1.807) is 0 Å². The summed E-state index contributed by atoms with van der Waals surface area (Å²) in [5.74, 6) is 0. The van der Waals surface area contributed by atoms with Gasteiger partial charge in [-0.05, 0) is 50.4 Å². The van der Waals surface area contributed by atoms with Crippen molar-refractivity contribution in [1.82, 2.24) is 10.2 Å². The van der Waals surface area contributed by atoms with Crippen LogP contribution >= 0.6 is 15.9 Å². The molecule has 1 aliphatic heterocycles. The second-order valence-electron chi connectivity index (χ2n) is 6.80. The fourth-order valence-corrected chi connectivity index (χ4v) is 3.36. The average Bonchev–Trinajstić information content (AvgIpc) is 2.69. The fraction of sp³-hybridized carbons (Fsp3) is 0.647. The van der Waals surface area contributed by atoms with E-state index in [2.05, 4.69) is 72.0 Å². The van der Waals surface area contributed by atoms with Crippen LogP contribution in [0.3, 0.4) is 0 Å². The zero-order chi connectivity index (χ0) is 14.8. The lowest BCUT2D eigenvalue weighted by atomic mass is 10.0. The van der Waals surface area contributed by atoms with Crippen LogP contribution in [-0.2, 0) is 13.1 Å². The Morgan fingerprint density at radius 2 is 2.10 bits per heavy atom. The van der Waals surface area contributed by atoms with E-state index in [4.69, 9.17) is 0 Å². The van der Waals surface area contributed by atoms with Gasteiger partial charge >= 0.3 is 0 Å². The lowest BCUT2D eigenvalue weighted by Gasteiger charge is -2.31. The van der Waals surface area contributed by atoms with E-state index in [-0.39, 0.29) is 0 Å². The topological polar surface area (TPSA) is 15.3 Å². The van der Waals surface area contributed by atoms with Gasteiger partial charge in [-0.2, -0.15) is 0 Å². The maximum Gasteiger partial charge on any atom is 0.0250 e. The number of nitrogens with one attached hydrogen (secondary N) is 1. The highest BCUT2D eigenvalue weighted by atomic mass is 79.9. The van der Waals surface area contributed by atoms with Gasteiger partial charge in [-0.25, -0.2) is 0 Å². The number of rotatable bonds is 5. The van der Waals surface area contributed by atoms with E-state index in [1.165, 1.54) is 35.0 Å². The number of hydrogen-bond acceptors (Lipinski definition) is 2. The minimum Gasteiger partial charge on any atom is -0.310 e. The molecule has 3 heteroatoms. The molecule has 0 atom stereocenters. The van der Waals surface area contributed by atoms with Crippen LogP contribution < -0.4 is 5.32 Å². The van der Waals surface area contributed by atoms with E-state index in [9.17, 15) is 0 Å². The van der Waals surface area contributed by atoms with Gasteiger partial charge in [0.2, 0.25) is 0 Å². The molecular weight excluding hydrogens is 312 g/mol. The predicted octanol–water partition coefficient (Wildman–Crippen LogP) is 4.32. The summed E-state index contributed by atoms with van der Waals surface area (Å²) in [7, 11) is 0. The van der Waals surface area contributed by atoms with Gasteiger partial charge in [0.15, 0.2) is 0 Å². The van der Waals surface area contributed by atoms with E-state index >= 15 is 0 Å². The molecule has 1 fully saturated rings. The highest BCUT2D eigenvalue weighted by molar-refractivity contribution is 9.10. The molecule has 0 spiro atoms. The first kappa shape index (κ1) is 16.0. The summed E-state index contributed by atoms with van der Waals surface area (Å²) in [6.07, 6.45) is 2.63. The zero-order valence-electron chi connectivity index (χ0n) is 13.2. The molecule has 1 aliphatic rings. The standard InChI is InChI=1S/C17H27BrN2/c1-13(2)19-11-14-6-7-15(16(18)10-14)12-20-9-5-8-17(20,3)4/h6-7,10,13,19H,5,8-9,11-12H2,1-4H3. The quantitative estimate of drug-likeness (QED) is 0.859. The average molecular weight is 339 g/mol. The molecule has 0 radical (unpaired) electrons. The monoisotopic (exact) mass is 338 g/mol. The Balaban J connectivity index is 2.02. The summed E-state index contributed by atoms with van der Waals surface area (Å²) in [6, 6.07) is 7.31. The van der Waals surface area contributed by atoms with Crippen molar-refractivity contribution in [2.75, 3.05) is 6.54 Å². The van der Waals surface area contributed by atoms with Gasteiger partial charge in [0.1, 0.15) is 0 Å². The smallest absolute Gasteiger partial charge is 0.0250 e. The molecule has 112 valence electrons. The zero-order valence-corrected chi connectivity index (χ0v) is 14.8. The molecule has 1 saturated heterocycles. The van der Waals surface area contributed by atoms with Crippen LogP contribution in [-0.4, -0.2) is 23.0 Å². The van der Waals surface area contributed by atoms with Crippen LogP contribution in [0.15, 0.2) is 22.7 Å². The Morgan fingerprint density at radius 3 is 2.65 bits per heavy atom. The molecule has 1 aromatic carbocycles. The van der Waals surface area contributed by atoms with Gasteiger partial charge in [-0.1, -0.05) is 41.9 Å². The Hall–Kier alpha value is -0.380. The second kappa shape index (κ2) is 6.59. The Labute approximate surface area is 132 Å². The number of halogens is 1. The Kier molecular flexibility index (Phi) is 5.27. The minimum absolute atomic E-state index is 0.345. The molecule has 1 aromatic rings. The Bertz CT molecular complexity index is 454. The third kappa shape index (κ3) is 4.06. The molecule has 2 rings (SSSR count). The molecule has 0 bridgehead atoms. The van der Waals surface area contributed by atoms with Crippen molar-refractivity contribution < 1.29 is 0 Å². The van der Waals surface area contributed by atoms with Gasteiger partial charge < -0.3 is 5.32 Å². The lowest BCUT2D eigenvalue weighted by Crippen LogP contribution is -2.37.